The Bertz CT molecular complexity index is 473. The van der Waals surface area contributed by atoms with Crippen LogP contribution >= 0.6 is 0 Å². The van der Waals surface area contributed by atoms with Crippen molar-refractivity contribution in [1.29, 1.82) is 0 Å². The lowest BCUT2D eigenvalue weighted by Crippen LogP contribution is -2.57. The Balaban J connectivity index is 1.87. The molecule has 0 aliphatic carbocycles. The second-order valence-electron chi connectivity index (χ2n) is 5.36. The normalized spacial score (nSPS) is 22.6. The Hall–Kier alpha value is -1.68. The predicted molar refractivity (Wildman–Crippen MR) is 78.6 cm³/mol. The molecule has 0 bridgehead atoms. The Morgan fingerprint density at radius 2 is 1.90 bits per heavy atom. The van der Waals surface area contributed by atoms with Crippen LogP contribution in [-0.4, -0.2) is 41.8 Å². The van der Waals surface area contributed by atoms with E-state index >= 15 is 0 Å². The highest BCUT2D eigenvalue weighted by Crippen LogP contribution is 2.13. The van der Waals surface area contributed by atoms with E-state index in [4.69, 9.17) is 0 Å². The molecular formula is C16H22N2O2. The third-order valence-electron chi connectivity index (χ3n) is 4.02. The van der Waals surface area contributed by atoms with E-state index < -0.39 is 0 Å². The molecular weight excluding hydrogens is 252 g/mol. The third-order valence-corrected chi connectivity index (χ3v) is 4.02. The van der Waals surface area contributed by atoms with Crippen molar-refractivity contribution in [2.24, 2.45) is 0 Å². The molecule has 1 aromatic carbocycles. The van der Waals surface area contributed by atoms with Crippen molar-refractivity contribution in [1.82, 2.24) is 10.2 Å². The van der Waals surface area contributed by atoms with Crippen molar-refractivity contribution in [3.63, 3.8) is 0 Å². The minimum atomic E-state index is 0.0368. The summed E-state index contributed by atoms with van der Waals surface area (Å²) in [6.45, 7) is 5.68. The van der Waals surface area contributed by atoms with Gasteiger partial charge in [0.15, 0.2) is 5.78 Å². The van der Waals surface area contributed by atoms with Crippen LogP contribution in [0.2, 0.25) is 0 Å². The van der Waals surface area contributed by atoms with Crippen LogP contribution in [0.4, 0.5) is 0 Å². The van der Waals surface area contributed by atoms with Gasteiger partial charge in [-0.2, -0.15) is 0 Å². The molecule has 0 saturated carbocycles. The second kappa shape index (κ2) is 6.66. The summed E-state index contributed by atoms with van der Waals surface area (Å²) in [6.07, 6.45) is 0.582. The van der Waals surface area contributed by atoms with Crippen LogP contribution in [0.5, 0.6) is 0 Å². The van der Waals surface area contributed by atoms with E-state index in [0.29, 0.717) is 18.0 Å². The lowest BCUT2D eigenvalue weighted by atomic mass is 10.0. The zero-order valence-electron chi connectivity index (χ0n) is 12.1. The molecule has 1 aliphatic heterocycles. The molecule has 1 fully saturated rings. The molecule has 2 rings (SSSR count). The average molecular weight is 274 g/mol. The van der Waals surface area contributed by atoms with Gasteiger partial charge in [-0.1, -0.05) is 30.3 Å². The number of amides is 1. The Kier molecular flexibility index (Phi) is 4.90. The maximum absolute atomic E-state index is 12.2. The first-order valence-corrected chi connectivity index (χ1v) is 7.20. The summed E-state index contributed by atoms with van der Waals surface area (Å²) in [5, 5.41) is 3.35. The largest absolute Gasteiger partial charge is 0.337 e. The lowest BCUT2D eigenvalue weighted by Gasteiger charge is -2.38. The lowest BCUT2D eigenvalue weighted by molar-refractivity contribution is -0.134. The van der Waals surface area contributed by atoms with Gasteiger partial charge in [0.2, 0.25) is 5.91 Å². The van der Waals surface area contributed by atoms with Crippen molar-refractivity contribution >= 4 is 11.7 Å². The van der Waals surface area contributed by atoms with Crippen LogP contribution in [-0.2, 0) is 4.79 Å². The first-order valence-electron chi connectivity index (χ1n) is 7.20. The van der Waals surface area contributed by atoms with Gasteiger partial charge in [0.1, 0.15) is 0 Å². The zero-order chi connectivity index (χ0) is 14.5. The molecule has 20 heavy (non-hydrogen) atoms. The highest BCUT2D eigenvalue weighted by Gasteiger charge is 2.27. The summed E-state index contributed by atoms with van der Waals surface area (Å²) < 4.78 is 0. The minimum Gasteiger partial charge on any atom is -0.337 e. The van der Waals surface area contributed by atoms with Crippen LogP contribution in [0.3, 0.4) is 0 Å². The smallest absolute Gasteiger partial charge is 0.223 e. The topological polar surface area (TPSA) is 49.4 Å². The summed E-state index contributed by atoms with van der Waals surface area (Å²) in [4.78, 5) is 26.1. The Morgan fingerprint density at radius 3 is 2.60 bits per heavy atom. The van der Waals surface area contributed by atoms with Crippen molar-refractivity contribution in [3.8, 4) is 0 Å². The molecule has 0 aromatic heterocycles. The monoisotopic (exact) mass is 274 g/mol. The molecule has 2 unspecified atom stereocenters. The molecule has 4 nitrogen and oxygen atoms in total. The number of carbonyl (C=O) groups excluding carboxylic acids is 2. The van der Waals surface area contributed by atoms with Gasteiger partial charge in [-0.15, -0.1) is 0 Å². The molecule has 4 heteroatoms. The number of hydrogen-bond donors (Lipinski definition) is 1. The van der Waals surface area contributed by atoms with Gasteiger partial charge in [0.25, 0.3) is 0 Å². The first kappa shape index (κ1) is 14.7. The van der Waals surface area contributed by atoms with Crippen LogP contribution in [0.25, 0.3) is 0 Å². The van der Waals surface area contributed by atoms with Gasteiger partial charge < -0.3 is 10.2 Å². The third kappa shape index (κ3) is 3.45. The number of nitrogens with one attached hydrogen (secondary N) is 1. The van der Waals surface area contributed by atoms with Crippen molar-refractivity contribution in [2.75, 3.05) is 13.1 Å². The predicted octanol–water partition coefficient (Wildman–Crippen LogP) is 1.86. The molecule has 2 atom stereocenters. The Labute approximate surface area is 120 Å². The van der Waals surface area contributed by atoms with Gasteiger partial charge in [0, 0.05) is 43.6 Å². The number of benzene rings is 1. The van der Waals surface area contributed by atoms with Gasteiger partial charge >= 0.3 is 0 Å². The van der Waals surface area contributed by atoms with E-state index in [1.807, 2.05) is 30.0 Å². The van der Waals surface area contributed by atoms with Gasteiger partial charge in [0.05, 0.1) is 0 Å². The van der Waals surface area contributed by atoms with E-state index in [1.54, 1.807) is 12.1 Å². The maximum atomic E-state index is 12.2. The molecule has 1 amide bonds. The minimum absolute atomic E-state index is 0.0368. The molecule has 0 spiro atoms. The molecule has 108 valence electrons. The fraction of sp³-hybridized carbons (Fsp3) is 0.500. The summed E-state index contributed by atoms with van der Waals surface area (Å²) in [6, 6.07) is 9.64. The van der Waals surface area contributed by atoms with E-state index in [-0.39, 0.29) is 24.2 Å². The van der Waals surface area contributed by atoms with E-state index in [2.05, 4.69) is 12.2 Å². The highest BCUT2D eigenvalue weighted by atomic mass is 16.2. The fourth-order valence-corrected chi connectivity index (χ4v) is 2.54. The molecule has 1 aliphatic rings. The number of rotatable bonds is 4. The molecule has 1 saturated heterocycles. The number of hydrogen-bond acceptors (Lipinski definition) is 3. The van der Waals surface area contributed by atoms with Gasteiger partial charge in [-0.25, -0.2) is 0 Å². The number of piperazine rings is 1. The van der Waals surface area contributed by atoms with Gasteiger partial charge in [-0.3, -0.25) is 9.59 Å². The average Bonchev–Trinajstić information content (AvgIpc) is 2.48. The quantitative estimate of drug-likeness (QED) is 0.853. The van der Waals surface area contributed by atoms with E-state index in [1.165, 1.54) is 0 Å². The van der Waals surface area contributed by atoms with Crippen molar-refractivity contribution < 1.29 is 9.59 Å². The van der Waals surface area contributed by atoms with E-state index in [0.717, 1.165) is 13.1 Å². The fourth-order valence-electron chi connectivity index (χ4n) is 2.54. The Morgan fingerprint density at radius 1 is 1.20 bits per heavy atom. The van der Waals surface area contributed by atoms with Crippen LogP contribution in [0, 0.1) is 0 Å². The molecule has 1 N–H and O–H groups in total. The van der Waals surface area contributed by atoms with Crippen molar-refractivity contribution in [3.05, 3.63) is 35.9 Å². The molecule has 1 aromatic rings. The highest BCUT2D eigenvalue weighted by molar-refractivity contribution is 5.97. The van der Waals surface area contributed by atoms with Crippen LogP contribution in [0.1, 0.15) is 37.0 Å². The SMILES string of the molecule is CC1NCCN(C(=O)CCC(=O)c2ccccc2)C1C. The number of nitrogens with zero attached hydrogens (tertiary/aromatic N) is 1. The number of carbonyl (C=O) groups is 2. The maximum Gasteiger partial charge on any atom is 0.223 e. The first-order chi connectivity index (χ1) is 9.59. The zero-order valence-corrected chi connectivity index (χ0v) is 12.1. The molecule has 1 heterocycles. The number of Topliss-reactive ketones (excluding diaryl/α,β-unsaturated/α-hetero) is 1. The van der Waals surface area contributed by atoms with Crippen LogP contribution < -0.4 is 5.32 Å². The van der Waals surface area contributed by atoms with E-state index in [9.17, 15) is 9.59 Å². The standard InChI is InChI=1S/C16H22N2O2/c1-12-13(2)18(11-10-17-12)16(20)9-8-15(19)14-6-4-3-5-7-14/h3-7,12-13,17H,8-11H2,1-2H3. The van der Waals surface area contributed by atoms with Crippen LogP contribution in [0.15, 0.2) is 30.3 Å². The summed E-state index contributed by atoms with van der Waals surface area (Å²) in [5.41, 5.74) is 0.682. The second-order valence-corrected chi connectivity index (χ2v) is 5.36. The summed E-state index contributed by atoms with van der Waals surface area (Å²) >= 11 is 0. The number of ketones is 1. The summed E-state index contributed by atoms with van der Waals surface area (Å²) in [5.74, 6) is 0.116. The van der Waals surface area contributed by atoms with Gasteiger partial charge in [-0.05, 0) is 13.8 Å². The summed E-state index contributed by atoms with van der Waals surface area (Å²) in [7, 11) is 0. The molecule has 0 radical (unpaired) electrons. The van der Waals surface area contributed by atoms with Crippen molar-refractivity contribution in [2.45, 2.75) is 38.8 Å².